The summed E-state index contributed by atoms with van der Waals surface area (Å²) in [5.41, 5.74) is -0.749. The average molecular weight is 234 g/mol. The quantitative estimate of drug-likeness (QED) is 0.684. The minimum absolute atomic E-state index is 0.00247. The molecule has 1 nitrogen and oxygen atoms in total. The topological polar surface area (TPSA) is 4.36 Å². The molecule has 1 rings (SSSR count). The van der Waals surface area contributed by atoms with Gasteiger partial charge in [-0.15, -0.1) is 0 Å². The van der Waals surface area contributed by atoms with E-state index < -0.39 is 11.7 Å². The van der Waals surface area contributed by atoms with Crippen LogP contribution in [0.2, 0.25) is 5.02 Å². The lowest BCUT2D eigenvalue weighted by atomic mass is 10.0. The maximum Gasteiger partial charge on any atom is 0.416 e. The van der Waals surface area contributed by atoms with Crippen LogP contribution < -0.4 is 0 Å². The molecular formula is C10H7ClF3N. The maximum atomic E-state index is 12.5. The standard InChI is InChI=1S/C10H7ClF3N/c1-15-6-5-7-8(10(12,13)14)3-2-4-9(7)11/h2-4H,5-6H2. The van der Waals surface area contributed by atoms with E-state index in [4.69, 9.17) is 18.2 Å². The molecule has 0 heterocycles. The lowest BCUT2D eigenvalue weighted by molar-refractivity contribution is -0.138. The summed E-state index contributed by atoms with van der Waals surface area (Å²) in [4.78, 5) is 3.02. The normalized spacial score (nSPS) is 11.1. The highest BCUT2D eigenvalue weighted by atomic mass is 35.5. The van der Waals surface area contributed by atoms with Gasteiger partial charge in [0.1, 0.15) is 0 Å². The Morgan fingerprint density at radius 1 is 1.33 bits per heavy atom. The summed E-state index contributed by atoms with van der Waals surface area (Å²) in [6, 6.07) is 3.63. The van der Waals surface area contributed by atoms with Gasteiger partial charge >= 0.3 is 6.18 Å². The molecule has 1 aromatic carbocycles. The molecule has 0 spiro atoms. The van der Waals surface area contributed by atoms with Crippen molar-refractivity contribution in [3.63, 3.8) is 0 Å². The highest BCUT2D eigenvalue weighted by Crippen LogP contribution is 2.35. The van der Waals surface area contributed by atoms with Gasteiger partial charge in [-0.05, 0) is 17.7 Å². The number of benzene rings is 1. The molecule has 0 aliphatic carbocycles. The van der Waals surface area contributed by atoms with Crippen LogP contribution in [0.25, 0.3) is 4.85 Å². The molecule has 0 fully saturated rings. The van der Waals surface area contributed by atoms with Gasteiger partial charge in [-0.3, -0.25) is 0 Å². The molecule has 0 N–H and O–H groups in total. The monoisotopic (exact) mass is 233 g/mol. The van der Waals surface area contributed by atoms with E-state index in [0.29, 0.717) is 0 Å². The van der Waals surface area contributed by atoms with Gasteiger partial charge in [0.15, 0.2) is 0 Å². The zero-order valence-electron chi connectivity index (χ0n) is 7.61. The van der Waals surface area contributed by atoms with Crippen molar-refractivity contribution in [2.75, 3.05) is 6.54 Å². The van der Waals surface area contributed by atoms with Crippen molar-refractivity contribution >= 4 is 11.6 Å². The summed E-state index contributed by atoms with van der Waals surface area (Å²) in [7, 11) is 0. The van der Waals surface area contributed by atoms with Gasteiger partial charge in [0.25, 0.3) is 0 Å². The lowest BCUT2D eigenvalue weighted by Gasteiger charge is -2.12. The molecule has 0 radical (unpaired) electrons. The summed E-state index contributed by atoms with van der Waals surface area (Å²) in [5.74, 6) is 0. The van der Waals surface area contributed by atoms with Crippen LogP contribution in [0.3, 0.4) is 0 Å². The van der Waals surface area contributed by atoms with Crippen LogP contribution in [-0.2, 0) is 12.6 Å². The summed E-state index contributed by atoms with van der Waals surface area (Å²) < 4.78 is 37.6. The van der Waals surface area contributed by atoms with Crippen molar-refractivity contribution < 1.29 is 13.2 Å². The summed E-state index contributed by atoms with van der Waals surface area (Å²) in [6.07, 6.45) is -4.39. The third kappa shape index (κ3) is 2.87. The van der Waals surface area contributed by atoms with E-state index in [1.54, 1.807) is 0 Å². The van der Waals surface area contributed by atoms with E-state index in [0.717, 1.165) is 6.07 Å². The second kappa shape index (κ2) is 4.54. The molecule has 0 unspecified atom stereocenters. The zero-order valence-corrected chi connectivity index (χ0v) is 8.36. The Bertz CT molecular complexity index is 393. The van der Waals surface area contributed by atoms with E-state index in [2.05, 4.69) is 4.85 Å². The minimum Gasteiger partial charge on any atom is -0.317 e. The van der Waals surface area contributed by atoms with E-state index in [9.17, 15) is 13.2 Å². The summed E-state index contributed by atoms with van der Waals surface area (Å²) in [6.45, 7) is 6.56. The van der Waals surface area contributed by atoms with Crippen LogP contribution in [-0.4, -0.2) is 6.54 Å². The summed E-state index contributed by atoms with van der Waals surface area (Å²) in [5, 5.41) is 0.0634. The fourth-order valence-electron chi connectivity index (χ4n) is 1.25. The Morgan fingerprint density at radius 3 is 2.53 bits per heavy atom. The lowest BCUT2D eigenvalue weighted by Crippen LogP contribution is -2.10. The van der Waals surface area contributed by atoms with Crippen molar-refractivity contribution in [3.05, 3.63) is 45.8 Å². The van der Waals surface area contributed by atoms with Gasteiger partial charge in [0.2, 0.25) is 6.54 Å². The zero-order chi connectivity index (χ0) is 11.5. The molecule has 0 aliphatic heterocycles. The third-order valence-electron chi connectivity index (χ3n) is 1.90. The Morgan fingerprint density at radius 2 is 2.00 bits per heavy atom. The van der Waals surface area contributed by atoms with Gasteiger partial charge in [-0.25, -0.2) is 6.57 Å². The number of hydrogen-bond donors (Lipinski definition) is 0. The fourth-order valence-corrected chi connectivity index (χ4v) is 1.52. The van der Waals surface area contributed by atoms with Crippen LogP contribution in [0.15, 0.2) is 18.2 Å². The first-order valence-electron chi connectivity index (χ1n) is 4.14. The number of alkyl halides is 3. The molecule has 80 valence electrons. The van der Waals surface area contributed by atoms with Crippen LogP contribution in [0.1, 0.15) is 11.1 Å². The number of hydrogen-bond acceptors (Lipinski definition) is 0. The number of rotatable bonds is 2. The molecule has 0 saturated carbocycles. The molecule has 0 bridgehead atoms. The van der Waals surface area contributed by atoms with Crippen molar-refractivity contribution in [1.82, 2.24) is 0 Å². The maximum absolute atomic E-state index is 12.5. The van der Waals surface area contributed by atoms with E-state index in [1.165, 1.54) is 12.1 Å². The van der Waals surface area contributed by atoms with Crippen molar-refractivity contribution in [2.24, 2.45) is 0 Å². The smallest absolute Gasteiger partial charge is 0.317 e. The van der Waals surface area contributed by atoms with Crippen LogP contribution in [0.5, 0.6) is 0 Å². The first kappa shape index (κ1) is 11.9. The van der Waals surface area contributed by atoms with Crippen molar-refractivity contribution in [2.45, 2.75) is 12.6 Å². The van der Waals surface area contributed by atoms with Crippen molar-refractivity contribution in [3.8, 4) is 0 Å². The van der Waals surface area contributed by atoms with Crippen LogP contribution in [0, 0.1) is 6.57 Å². The van der Waals surface area contributed by atoms with Gasteiger partial charge < -0.3 is 4.85 Å². The van der Waals surface area contributed by atoms with Gasteiger partial charge in [0.05, 0.1) is 5.56 Å². The predicted molar refractivity (Wildman–Crippen MR) is 51.6 cm³/mol. The predicted octanol–water partition coefficient (Wildman–Crippen LogP) is 3.82. The largest absolute Gasteiger partial charge is 0.416 e. The highest BCUT2D eigenvalue weighted by Gasteiger charge is 2.33. The Balaban J connectivity index is 3.16. The van der Waals surface area contributed by atoms with E-state index >= 15 is 0 Å². The molecule has 0 amide bonds. The highest BCUT2D eigenvalue weighted by molar-refractivity contribution is 6.31. The number of halogens is 4. The first-order chi connectivity index (χ1) is 6.96. The molecule has 0 aromatic heterocycles. The van der Waals surface area contributed by atoms with Crippen LogP contribution >= 0.6 is 11.6 Å². The molecule has 5 heteroatoms. The molecule has 0 aliphatic rings. The van der Waals surface area contributed by atoms with Gasteiger partial charge in [-0.1, -0.05) is 17.7 Å². The minimum atomic E-state index is -4.41. The van der Waals surface area contributed by atoms with Gasteiger partial charge in [0, 0.05) is 11.4 Å². The Kier molecular flexibility index (Phi) is 3.59. The van der Waals surface area contributed by atoms with Gasteiger partial charge in [-0.2, -0.15) is 13.2 Å². The Hall–Kier alpha value is -1.21. The van der Waals surface area contributed by atoms with E-state index in [-0.39, 0.29) is 23.6 Å². The molecular weight excluding hydrogens is 227 g/mol. The third-order valence-corrected chi connectivity index (χ3v) is 2.25. The Labute approximate surface area is 90.3 Å². The van der Waals surface area contributed by atoms with Crippen LogP contribution in [0.4, 0.5) is 13.2 Å². The number of nitrogens with zero attached hydrogens (tertiary/aromatic N) is 1. The fraction of sp³-hybridized carbons (Fsp3) is 0.300. The summed E-state index contributed by atoms with van der Waals surface area (Å²) >= 11 is 5.67. The molecule has 15 heavy (non-hydrogen) atoms. The second-order valence-corrected chi connectivity index (χ2v) is 3.30. The SMILES string of the molecule is [C-]#[N+]CCc1c(Cl)cccc1C(F)(F)F. The average Bonchev–Trinajstić information content (AvgIpc) is 2.14. The second-order valence-electron chi connectivity index (χ2n) is 2.90. The van der Waals surface area contributed by atoms with E-state index in [1.807, 2.05) is 0 Å². The molecule has 0 atom stereocenters. The first-order valence-corrected chi connectivity index (χ1v) is 4.52. The van der Waals surface area contributed by atoms with Crippen molar-refractivity contribution in [1.29, 1.82) is 0 Å². The molecule has 0 saturated heterocycles. The molecule has 1 aromatic rings.